The maximum Gasteiger partial charge on any atom is 0.231 e. The van der Waals surface area contributed by atoms with Crippen LogP contribution in [0.3, 0.4) is 0 Å². The minimum atomic E-state index is -0.692. The Hall–Kier alpha value is -1.10. The number of piperidine rings is 1. The standard InChI is InChI=1S/C14H19ClN2O2/c15-12-3-1-11(2-4-12)9-14(19)5-7-17(8-6-14)10-13(16)18/h1-4,19H,5-10H2,(H2,16,18). The SMILES string of the molecule is NC(=O)CN1CCC(O)(Cc2ccc(Cl)cc2)CC1. The second kappa shape index (κ2) is 5.90. The predicted octanol–water partition coefficient (Wildman–Crippen LogP) is 1.19. The van der Waals surface area contributed by atoms with Gasteiger partial charge in [0.2, 0.25) is 5.91 Å². The number of amides is 1. The van der Waals surface area contributed by atoms with Crippen molar-refractivity contribution in [1.29, 1.82) is 0 Å². The number of carbonyl (C=O) groups is 1. The van der Waals surface area contributed by atoms with E-state index in [9.17, 15) is 9.90 Å². The zero-order valence-corrected chi connectivity index (χ0v) is 11.6. The van der Waals surface area contributed by atoms with Gasteiger partial charge in [-0.15, -0.1) is 0 Å². The van der Waals surface area contributed by atoms with Crippen LogP contribution in [0.15, 0.2) is 24.3 Å². The Bertz CT molecular complexity index is 439. The molecule has 0 spiro atoms. The molecule has 1 fully saturated rings. The molecule has 0 bridgehead atoms. The Morgan fingerprint density at radius 1 is 1.32 bits per heavy atom. The van der Waals surface area contributed by atoms with Crippen molar-refractivity contribution in [1.82, 2.24) is 4.90 Å². The highest BCUT2D eigenvalue weighted by atomic mass is 35.5. The van der Waals surface area contributed by atoms with Crippen molar-refractivity contribution >= 4 is 17.5 Å². The molecule has 0 saturated carbocycles. The van der Waals surface area contributed by atoms with Gasteiger partial charge in [-0.25, -0.2) is 0 Å². The number of carbonyl (C=O) groups excluding carboxylic acids is 1. The number of benzene rings is 1. The fourth-order valence-corrected chi connectivity index (χ4v) is 2.63. The Morgan fingerprint density at radius 3 is 2.42 bits per heavy atom. The van der Waals surface area contributed by atoms with E-state index in [-0.39, 0.29) is 12.5 Å². The Kier molecular flexibility index (Phi) is 4.45. The van der Waals surface area contributed by atoms with Crippen molar-refractivity contribution in [2.75, 3.05) is 19.6 Å². The first kappa shape index (κ1) is 14.3. The second-order valence-electron chi connectivity index (χ2n) is 5.27. The molecule has 1 aromatic carbocycles. The smallest absolute Gasteiger partial charge is 0.231 e. The van der Waals surface area contributed by atoms with Crippen molar-refractivity contribution < 1.29 is 9.90 Å². The van der Waals surface area contributed by atoms with Gasteiger partial charge in [0.15, 0.2) is 0 Å². The quantitative estimate of drug-likeness (QED) is 0.872. The lowest BCUT2D eigenvalue weighted by Gasteiger charge is -2.37. The minimum Gasteiger partial charge on any atom is -0.389 e. The van der Waals surface area contributed by atoms with Gasteiger partial charge in [0.05, 0.1) is 12.1 Å². The summed E-state index contributed by atoms with van der Waals surface area (Å²) in [5.74, 6) is -0.317. The predicted molar refractivity (Wildman–Crippen MR) is 75.0 cm³/mol. The Balaban J connectivity index is 1.91. The number of hydrogen-bond acceptors (Lipinski definition) is 3. The van der Waals surface area contributed by atoms with E-state index in [1.54, 1.807) is 0 Å². The Morgan fingerprint density at radius 2 is 1.89 bits per heavy atom. The summed E-state index contributed by atoms with van der Waals surface area (Å²) < 4.78 is 0. The first-order valence-electron chi connectivity index (χ1n) is 6.44. The highest BCUT2D eigenvalue weighted by Gasteiger charge is 2.32. The van der Waals surface area contributed by atoms with Crippen LogP contribution >= 0.6 is 11.6 Å². The molecule has 4 nitrogen and oxygen atoms in total. The summed E-state index contributed by atoms with van der Waals surface area (Å²) in [4.78, 5) is 12.8. The summed E-state index contributed by atoms with van der Waals surface area (Å²) in [6, 6.07) is 7.55. The molecule has 1 saturated heterocycles. The summed E-state index contributed by atoms with van der Waals surface area (Å²) >= 11 is 5.84. The monoisotopic (exact) mass is 282 g/mol. The summed E-state index contributed by atoms with van der Waals surface area (Å²) in [6.45, 7) is 1.68. The van der Waals surface area contributed by atoms with E-state index in [1.165, 1.54) is 0 Å². The van der Waals surface area contributed by atoms with E-state index < -0.39 is 5.60 Å². The third-order valence-corrected chi connectivity index (χ3v) is 3.86. The Labute approximate surface area is 118 Å². The van der Waals surface area contributed by atoms with E-state index in [1.807, 2.05) is 29.2 Å². The van der Waals surface area contributed by atoms with E-state index >= 15 is 0 Å². The van der Waals surface area contributed by atoms with Crippen LogP contribution in [-0.2, 0) is 11.2 Å². The van der Waals surface area contributed by atoms with Gasteiger partial charge < -0.3 is 10.8 Å². The van der Waals surface area contributed by atoms with E-state index in [0.717, 1.165) is 5.56 Å². The molecule has 0 unspecified atom stereocenters. The van der Waals surface area contributed by atoms with Gasteiger partial charge in [-0.1, -0.05) is 23.7 Å². The van der Waals surface area contributed by atoms with Crippen molar-refractivity contribution in [3.8, 4) is 0 Å². The number of aliphatic hydroxyl groups is 1. The summed E-state index contributed by atoms with van der Waals surface area (Å²) in [6.07, 6.45) is 1.93. The molecule has 1 amide bonds. The van der Waals surface area contributed by atoms with E-state index in [0.29, 0.717) is 37.4 Å². The number of nitrogens with zero attached hydrogens (tertiary/aromatic N) is 1. The largest absolute Gasteiger partial charge is 0.389 e. The van der Waals surface area contributed by atoms with Crippen LogP contribution in [0.1, 0.15) is 18.4 Å². The number of halogens is 1. The van der Waals surface area contributed by atoms with Crippen LogP contribution in [0.4, 0.5) is 0 Å². The maximum atomic E-state index is 10.9. The average Bonchev–Trinajstić information content (AvgIpc) is 2.35. The van der Waals surface area contributed by atoms with Gasteiger partial charge >= 0.3 is 0 Å². The van der Waals surface area contributed by atoms with Crippen molar-refractivity contribution in [2.45, 2.75) is 24.9 Å². The summed E-state index contributed by atoms with van der Waals surface area (Å²) in [5, 5.41) is 11.3. The lowest BCUT2D eigenvalue weighted by Crippen LogP contribution is -2.47. The van der Waals surface area contributed by atoms with Crippen LogP contribution in [0, 0.1) is 0 Å². The molecule has 0 radical (unpaired) electrons. The van der Waals surface area contributed by atoms with Crippen molar-refractivity contribution in [3.05, 3.63) is 34.9 Å². The fourth-order valence-electron chi connectivity index (χ4n) is 2.51. The first-order valence-corrected chi connectivity index (χ1v) is 6.82. The zero-order chi connectivity index (χ0) is 13.9. The molecule has 2 rings (SSSR count). The molecular formula is C14H19ClN2O2. The van der Waals surface area contributed by atoms with Crippen molar-refractivity contribution in [2.24, 2.45) is 5.73 Å². The van der Waals surface area contributed by atoms with Crippen LogP contribution < -0.4 is 5.73 Å². The molecule has 0 atom stereocenters. The highest BCUT2D eigenvalue weighted by molar-refractivity contribution is 6.30. The molecule has 5 heteroatoms. The van der Waals surface area contributed by atoms with Gasteiger partial charge in [0.25, 0.3) is 0 Å². The van der Waals surface area contributed by atoms with Crippen LogP contribution in [-0.4, -0.2) is 41.1 Å². The number of primary amides is 1. The van der Waals surface area contributed by atoms with Gasteiger partial charge in [-0.2, -0.15) is 0 Å². The fraction of sp³-hybridized carbons (Fsp3) is 0.500. The third kappa shape index (κ3) is 4.20. The van der Waals surface area contributed by atoms with Gasteiger partial charge in [0, 0.05) is 24.5 Å². The molecule has 0 aromatic heterocycles. The molecule has 19 heavy (non-hydrogen) atoms. The zero-order valence-electron chi connectivity index (χ0n) is 10.8. The molecule has 1 aliphatic rings. The average molecular weight is 283 g/mol. The maximum absolute atomic E-state index is 10.9. The lowest BCUT2D eigenvalue weighted by molar-refractivity contribution is -0.120. The normalized spacial score (nSPS) is 19.3. The molecule has 1 aromatic rings. The van der Waals surface area contributed by atoms with Crippen LogP contribution in [0.2, 0.25) is 5.02 Å². The highest BCUT2D eigenvalue weighted by Crippen LogP contribution is 2.26. The van der Waals surface area contributed by atoms with Crippen molar-refractivity contribution in [3.63, 3.8) is 0 Å². The summed E-state index contributed by atoms with van der Waals surface area (Å²) in [7, 11) is 0. The second-order valence-corrected chi connectivity index (χ2v) is 5.71. The summed E-state index contributed by atoms with van der Waals surface area (Å²) in [5.41, 5.74) is 5.56. The lowest BCUT2D eigenvalue weighted by atomic mass is 9.85. The van der Waals surface area contributed by atoms with E-state index in [2.05, 4.69) is 0 Å². The molecule has 1 aliphatic heterocycles. The van der Waals surface area contributed by atoms with Crippen LogP contribution in [0.25, 0.3) is 0 Å². The molecule has 3 N–H and O–H groups in total. The molecule has 0 aliphatic carbocycles. The number of rotatable bonds is 4. The molecular weight excluding hydrogens is 264 g/mol. The third-order valence-electron chi connectivity index (χ3n) is 3.61. The molecule has 1 heterocycles. The van der Waals surface area contributed by atoms with E-state index in [4.69, 9.17) is 17.3 Å². The van der Waals surface area contributed by atoms with Gasteiger partial charge in [0.1, 0.15) is 0 Å². The van der Waals surface area contributed by atoms with Gasteiger partial charge in [-0.05, 0) is 30.5 Å². The topological polar surface area (TPSA) is 66.6 Å². The molecule has 104 valence electrons. The van der Waals surface area contributed by atoms with Crippen LogP contribution in [0.5, 0.6) is 0 Å². The number of hydrogen-bond donors (Lipinski definition) is 2. The number of nitrogens with two attached hydrogens (primary N) is 1. The van der Waals surface area contributed by atoms with Gasteiger partial charge in [-0.3, -0.25) is 9.69 Å². The minimum absolute atomic E-state index is 0.275. The first-order chi connectivity index (χ1) is 8.97. The number of likely N-dealkylation sites (tertiary alicyclic amines) is 1.